The number of nitrogens with zero attached hydrogens (tertiary/aromatic N) is 2. The lowest BCUT2D eigenvalue weighted by Crippen LogP contribution is -2.40. The predicted molar refractivity (Wildman–Crippen MR) is 172 cm³/mol. The summed E-state index contributed by atoms with van der Waals surface area (Å²) in [6, 6.07) is 8.48. The van der Waals surface area contributed by atoms with Gasteiger partial charge in [-0.25, -0.2) is 9.79 Å². The van der Waals surface area contributed by atoms with Gasteiger partial charge < -0.3 is 18.9 Å². The van der Waals surface area contributed by atoms with Crippen molar-refractivity contribution in [2.45, 2.75) is 39.8 Å². The monoisotopic (exact) mass is 752 g/mol. The largest absolute Gasteiger partial charge is 0.493 e. The molecule has 1 atom stereocenters. The summed E-state index contributed by atoms with van der Waals surface area (Å²) in [4.78, 5) is 32.3. The molecule has 3 aromatic rings. The van der Waals surface area contributed by atoms with E-state index in [4.69, 9.17) is 18.9 Å². The second-order valence-electron chi connectivity index (χ2n) is 9.29. The van der Waals surface area contributed by atoms with Gasteiger partial charge in [-0.05, 0) is 108 Å². The SMILES string of the molecule is C=CCOc1c(Br)cc(/C=c2\sc3n(c2=O)[C@H](c2ccc(OC(C)C)c(OC)c2)C(C(=O)OCC)=C(C)N=3)cc1I. The Morgan fingerprint density at radius 3 is 2.66 bits per heavy atom. The average Bonchev–Trinajstić information content (AvgIpc) is 3.21. The van der Waals surface area contributed by atoms with Crippen molar-refractivity contribution < 1.29 is 23.7 Å². The first-order valence-electron chi connectivity index (χ1n) is 12.9. The topological polar surface area (TPSA) is 88.3 Å². The van der Waals surface area contributed by atoms with Gasteiger partial charge in [-0.15, -0.1) is 0 Å². The van der Waals surface area contributed by atoms with Gasteiger partial charge in [0.05, 0.1) is 49.7 Å². The molecule has 0 amide bonds. The molecule has 11 heteroatoms. The van der Waals surface area contributed by atoms with Crippen LogP contribution in [0.4, 0.5) is 0 Å². The van der Waals surface area contributed by atoms with Gasteiger partial charge in [0.2, 0.25) is 0 Å². The lowest BCUT2D eigenvalue weighted by Gasteiger charge is -2.25. The molecule has 0 fully saturated rings. The molecule has 0 radical (unpaired) electrons. The lowest BCUT2D eigenvalue weighted by molar-refractivity contribution is -0.139. The maximum atomic E-state index is 14.0. The summed E-state index contributed by atoms with van der Waals surface area (Å²) in [5.41, 5.74) is 2.00. The first kappa shape index (κ1) is 31.0. The summed E-state index contributed by atoms with van der Waals surface area (Å²) in [7, 11) is 1.55. The summed E-state index contributed by atoms with van der Waals surface area (Å²) < 4.78 is 26.3. The average molecular weight is 753 g/mol. The van der Waals surface area contributed by atoms with Crippen LogP contribution in [0.2, 0.25) is 0 Å². The maximum absolute atomic E-state index is 14.0. The molecule has 2 heterocycles. The van der Waals surface area contributed by atoms with Crippen molar-refractivity contribution in [2.24, 2.45) is 4.99 Å². The minimum atomic E-state index is -0.768. The summed E-state index contributed by atoms with van der Waals surface area (Å²) >= 11 is 7.04. The molecule has 0 bridgehead atoms. The third-order valence-corrected chi connectivity index (χ3v) is 8.42. The van der Waals surface area contributed by atoms with Crippen LogP contribution in [0, 0.1) is 3.57 Å². The number of ether oxygens (including phenoxy) is 4. The zero-order chi connectivity index (χ0) is 29.8. The van der Waals surface area contributed by atoms with Gasteiger partial charge in [-0.3, -0.25) is 9.36 Å². The highest BCUT2D eigenvalue weighted by Crippen LogP contribution is 2.37. The smallest absolute Gasteiger partial charge is 0.338 e. The molecular weight excluding hydrogens is 723 g/mol. The van der Waals surface area contributed by atoms with E-state index < -0.39 is 12.0 Å². The quantitative estimate of drug-likeness (QED) is 0.154. The number of hydrogen-bond donors (Lipinski definition) is 0. The third kappa shape index (κ3) is 6.62. The van der Waals surface area contributed by atoms with Crippen LogP contribution in [0.3, 0.4) is 0 Å². The molecule has 0 unspecified atom stereocenters. The highest BCUT2D eigenvalue weighted by atomic mass is 127. The van der Waals surface area contributed by atoms with E-state index in [2.05, 4.69) is 50.1 Å². The van der Waals surface area contributed by atoms with Crippen LogP contribution in [-0.4, -0.2) is 37.0 Å². The van der Waals surface area contributed by atoms with Crippen molar-refractivity contribution in [1.29, 1.82) is 0 Å². The van der Waals surface area contributed by atoms with E-state index in [1.54, 1.807) is 43.7 Å². The van der Waals surface area contributed by atoms with E-state index in [0.29, 0.717) is 50.0 Å². The number of halogens is 2. The molecule has 4 rings (SSSR count). The molecule has 1 aromatic heterocycles. The highest BCUT2D eigenvalue weighted by Gasteiger charge is 2.34. The molecule has 2 aromatic carbocycles. The van der Waals surface area contributed by atoms with Crippen molar-refractivity contribution in [3.05, 3.63) is 93.1 Å². The Labute approximate surface area is 264 Å². The number of esters is 1. The van der Waals surface area contributed by atoms with Gasteiger partial charge in [0.1, 0.15) is 12.4 Å². The molecule has 0 saturated carbocycles. The van der Waals surface area contributed by atoms with Crippen molar-refractivity contribution in [3.8, 4) is 17.2 Å². The molecule has 1 aliphatic rings. The van der Waals surface area contributed by atoms with Gasteiger partial charge in [0.25, 0.3) is 5.56 Å². The molecule has 8 nitrogen and oxygen atoms in total. The number of rotatable bonds is 10. The van der Waals surface area contributed by atoms with Gasteiger partial charge in [-0.1, -0.05) is 30.1 Å². The van der Waals surface area contributed by atoms with Crippen LogP contribution in [0.5, 0.6) is 17.2 Å². The number of fused-ring (bicyclic) bond motifs is 1. The van der Waals surface area contributed by atoms with Crippen molar-refractivity contribution >= 4 is 61.9 Å². The van der Waals surface area contributed by atoms with Gasteiger partial charge in [0, 0.05) is 0 Å². The predicted octanol–water partition coefficient (Wildman–Crippen LogP) is 5.53. The minimum Gasteiger partial charge on any atom is -0.493 e. The van der Waals surface area contributed by atoms with Crippen LogP contribution in [-0.2, 0) is 9.53 Å². The van der Waals surface area contributed by atoms with E-state index in [1.165, 1.54) is 11.3 Å². The summed E-state index contributed by atoms with van der Waals surface area (Å²) in [5, 5.41) is 0. The van der Waals surface area contributed by atoms with Crippen molar-refractivity contribution in [2.75, 3.05) is 20.3 Å². The van der Waals surface area contributed by atoms with E-state index >= 15 is 0 Å². The van der Waals surface area contributed by atoms with Crippen molar-refractivity contribution in [1.82, 2.24) is 4.57 Å². The van der Waals surface area contributed by atoms with Crippen LogP contribution in [0.15, 0.2) is 68.5 Å². The first-order chi connectivity index (χ1) is 19.6. The Bertz CT molecular complexity index is 1690. The number of carbonyl (C=O) groups excluding carboxylic acids is 1. The third-order valence-electron chi connectivity index (χ3n) is 6.05. The van der Waals surface area contributed by atoms with E-state index in [0.717, 1.165) is 13.6 Å². The lowest BCUT2D eigenvalue weighted by atomic mass is 9.95. The number of hydrogen-bond acceptors (Lipinski definition) is 8. The standard InChI is InChI=1S/C30H30BrIN2O6S/c1-7-11-39-27-20(31)12-18(13-21(27)32)14-24-28(35)34-26(19-9-10-22(40-16(3)4)23(15-19)37-6)25(29(36)38-8-2)17(5)33-30(34)41-24/h7,9-10,12-16,26H,1,8,11H2,2-6H3/b24-14-/t26-/m1/s1. The zero-order valence-corrected chi connectivity index (χ0v) is 27.9. The van der Waals surface area contributed by atoms with Crippen molar-refractivity contribution in [3.63, 3.8) is 0 Å². The normalized spacial score (nSPS) is 14.9. The van der Waals surface area contributed by atoms with Gasteiger partial charge >= 0.3 is 5.97 Å². The number of methoxy groups -OCH3 is 1. The fraction of sp³-hybridized carbons (Fsp3) is 0.300. The Balaban J connectivity index is 1.91. The Morgan fingerprint density at radius 1 is 1.27 bits per heavy atom. The fourth-order valence-electron chi connectivity index (χ4n) is 4.41. The first-order valence-corrected chi connectivity index (χ1v) is 15.5. The number of benzene rings is 2. The van der Waals surface area contributed by atoms with Gasteiger partial charge in [0.15, 0.2) is 16.3 Å². The molecular formula is C30H30BrIN2O6S. The summed E-state index contributed by atoms with van der Waals surface area (Å²) in [6.45, 7) is 11.6. The molecule has 0 N–H and O–H groups in total. The Morgan fingerprint density at radius 2 is 2.02 bits per heavy atom. The number of allylic oxidation sites excluding steroid dienone is 1. The van der Waals surface area contributed by atoms with Crippen LogP contribution >= 0.6 is 49.9 Å². The zero-order valence-electron chi connectivity index (χ0n) is 23.3. The number of carbonyl (C=O) groups is 1. The molecule has 216 valence electrons. The minimum absolute atomic E-state index is 0.0598. The molecule has 1 aliphatic heterocycles. The maximum Gasteiger partial charge on any atom is 0.338 e. The Kier molecular flexibility index (Phi) is 10.1. The molecule has 0 aliphatic carbocycles. The number of aromatic nitrogens is 1. The van der Waals surface area contributed by atoms with E-state index in [-0.39, 0.29) is 18.3 Å². The second-order valence-corrected chi connectivity index (χ2v) is 12.3. The van der Waals surface area contributed by atoms with Gasteiger partial charge in [-0.2, -0.15) is 0 Å². The molecule has 41 heavy (non-hydrogen) atoms. The highest BCUT2D eigenvalue weighted by molar-refractivity contribution is 14.1. The summed E-state index contributed by atoms with van der Waals surface area (Å²) in [6.07, 6.45) is 3.44. The molecule has 0 saturated heterocycles. The molecule has 0 spiro atoms. The van der Waals surface area contributed by atoms with Crippen LogP contribution < -0.4 is 29.1 Å². The van der Waals surface area contributed by atoms with Crippen LogP contribution in [0.25, 0.3) is 6.08 Å². The number of thiazole rings is 1. The fourth-order valence-corrected chi connectivity index (χ4v) is 7.22. The second kappa shape index (κ2) is 13.4. The Hall–Kier alpha value is -2.90. The van der Waals surface area contributed by atoms with Crippen LogP contribution in [0.1, 0.15) is 44.9 Å². The van der Waals surface area contributed by atoms with E-state index in [1.807, 2.05) is 38.1 Å². The summed E-state index contributed by atoms with van der Waals surface area (Å²) in [5.74, 6) is 1.24. The van der Waals surface area contributed by atoms with E-state index in [9.17, 15) is 9.59 Å².